The number of carbonyl (C=O) groups is 2. The molecule has 0 radical (unpaired) electrons. The van der Waals surface area contributed by atoms with Crippen LogP contribution in [0, 0.1) is 0 Å². The van der Waals surface area contributed by atoms with Gasteiger partial charge in [0.15, 0.2) is 0 Å². The Labute approximate surface area is 141 Å². The first-order valence-corrected chi connectivity index (χ1v) is 7.97. The summed E-state index contributed by atoms with van der Waals surface area (Å²) in [5, 5.41) is 3.23. The van der Waals surface area contributed by atoms with Crippen molar-refractivity contribution in [2.24, 2.45) is 0 Å². The predicted octanol–water partition coefficient (Wildman–Crippen LogP) is 1.84. The molecule has 126 valence electrons. The lowest BCUT2D eigenvalue weighted by atomic mass is 10.3. The lowest BCUT2D eigenvalue weighted by Gasteiger charge is -2.21. The van der Waals surface area contributed by atoms with Gasteiger partial charge in [-0.05, 0) is 44.1 Å². The van der Waals surface area contributed by atoms with Crippen molar-refractivity contribution >= 4 is 29.1 Å². The smallest absolute Gasteiger partial charge is 0.244 e. The van der Waals surface area contributed by atoms with E-state index in [0.29, 0.717) is 23.0 Å². The van der Waals surface area contributed by atoms with Gasteiger partial charge in [-0.3, -0.25) is 14.5 Å². The fourth-order valence-electron chi connectivity index (χ4n) is 2.52. The summed E-state index contributed by atoms with van der Waals surface area (Å²) in [6.07, 6.45) is 2.26. The van der Waals surface area contributed by atoms with Crippen LogP contribution >= 0.6 is 11.6 Å². The summed E-state index contributed by atoms with van der Waals surface area (Å²) >= 11 is 5.93. The van der Waals surface area contributed by atoms with Crippen LogP contribution in [0.15, 0.2) is 18.2 Å². The van der Waals surface area contributed by atoms with E-state index < -0.39 is 0 Å². The van der Waals surface area contributed by atoms with Gasteiger partial charge in [-0.15, -0.1) is 0 Å². The maximum absolute atomic E-state index is 12.1. The minimum absolute atomic E-state index is 0.0116. The fourth-order valence-corrected chi connectivity index (χ4v) is 2.70. The number of ether oxygens (including phenoxy) is 1. The molecule has 0 atom stereocenters. The number of rotatable bonds is 6. The molecule has 1 N–H and O–H groups in total. The molecule has 1 fully saturated rings. The zero-order valence-electron chi connectivity index (χ0n) is 13.5. The van der Waals surface area contributed by atoms with Gasteiger partial charge in [0.2, 0.25) is 11.8 Å². The molecule has 0 aromatic heterocycles. The maximum Gasteiger partial charge on any atom is 0.244 e. The first-order chi connectivity index (χ1) is 11.0. The van der Waals surface area contributed by atoms with Crippen LogP contribution in [0.1, 0.15) is 12.8 Å². The molecule has 7 heteroatoms. The molecule has 0 saturated carbocycles. The molecule has 1 aliphatic rings. The average molecular weight is 340 g/mol. The SMILES string of the molecule is COc1ccc(Cl)cc1NC(=O)CN(C)C(=O)CN1CCCC1. The summed E-state index contributed by atoms with van der Waals surface area (Å²) in [6, 6.07) is 4.98. The number of methoxy groups -OCH3 is 1. The second kappa shape index (κ2) is 8.17. The molecule has 6 nitrogen and oxygen atoms in total. The quantitative estimate of drug-likeness (QED) is 0.859. The Hall–Kier alpha value is -1.79. The number of halogens is 1. The Balaban J connectivity index is 1.88. The van der Waals surface area contributed by atoms with Crippen LogP contribution in [0.4, 0.5) is 5.69 Å². The van der Waals surface area contributed by atoms with Crippen LogP contribution in [0.5, 0.6) is 5.75 Å². The Kier molecular flexibility index (Phi) is 6.24. The highest BCUT2D eigenvalue weighted by Crippen LogP contribution is 2.27. The molecule has 1 aromatic rings. The van der Waals surface area contributed by atoms with Crippen molar-refractivity contribution in [1.29, 1.82) is 0 Å². The van der Waals surface area contributed by atoms with E-state index >= 15 is 0 Å². The number of hydrogen-bond donors (Lipinski definition) is 1. The number of likely N-dealkylation sites (N-methyl/N-ethyl adjacent to an activating group) is 1. The number of benzene rings is 1. The second-order valence-corrected chi connectivity index (χ2v) is 6.06. The standard InChI is InChI=1S/C16H22ClN3O3/c1-19(16(22)11-20-7-3-4-8-20)10-15(21)18-13-9-12(17)5-6-14(13)23-2/h5-6,9H,3-4,7-8,10-11H2,1-2H3,(H,18,21). The molecule has 1 saturated heterocycles. The molecule has 0 unspecified atom stereocenters. The van der Waals surface area contributed by atoms with Crippen molar-refractivity contribution in [3.8, 4) is 5.75 Å². The van der Waals surface area contributed by atoms with E-state index in [-0.39, 0.29) is 18.4 Å². The minimum atomic E-state index is -0.289. The third kappa shape index (κ3) is 5.11. The van der Waals surface area contributed by atoms with Crippen molar-refractivity contribution in [1.82, 2.24) is 9.80 Å². The zero-order chi connectivity index (χ0) is 16.8. The minimum Gasteiger partial charge on any atom is -0.495 e. The van der Waals surface area contributed by atoms with E-state index in [1.54, 1.807) is 25.2 Å². The molecule has 1 aromatic carbocycles. The van der Waals surface area contributed by atoms with E-state index in [4.69, 9.17) is 16.3 Å². The van der Waals surface area contributed by atoms with Crippen LogP contribution in [0.2, 0.25) is 5.02 Å². The molecule has 0 bridgehead atoms. The van der Waals surface area contributed by atoms with Gasteiger partial charge in [-0.25, -0.2) is 0 Å². The van der Waals surface area contributed by atoms with E-state index in [9.17, 15) is 9.59 Å². The average Bonchev–Trinajstić information content (AvgIpc) is 3.00. The van der Waals surface area contributed by atoms with Crippen LogP contribution in [-0.4, -0.2) is 62.0 Å². The maximum atomic E-state index is 12.1. The number of carbonyl (C=O) groups excluding carboxylic acids is 2. The number of hydrogen-bond acceptors (Lipinski definition) is 4. The van der Waals surface area contributed by atoms with Crippen LogP contribution in [0.25, 0.3) is 0 Å². The highest BCUT2D eigenvalue weighted by atomic mass is 35.5. The van der Waals surface area contributed by atoms with Crippen molar-refractivity contribution in [3.05, 3.63) is 23.2 Å². The van der Waals surface area contributed by atoms with E-state index in [2.05, 4.69) is 10.2 Å². The molecule has 23 heavy (non-hydrogen) atoms. The van der Waals surface area contributed by atoms with Crippen LogP contribution < -0.4 is 10.1 Å². The van der Waals surface area contributed by atoms with Gasteiger partial charge in [-0.2, -0.15) is 0 Å². The molecular weight excluding hydrogens is 318 g/mol. The van der Waals surface area contributed by atoms with E-state index in [1.807, 2.05) is 0 Å². The highest BCUT2D eigenvalue weighted by Gasteiger charge is 2.19. The summed E-state index contributed by atoms with van der Waals surface area (Å²) in [6.45, 7) is 2.25. The summed E-state index contributed by atoms with van der Waals surface area (Å²) in [5.74, 6) is 0.178. The molecule has 1 heterocycles. The summed E-state index contributed by atoms with van der Waals surface area (Å²) in [5.41, 5.74) is 0.491. The molecule has 1 aliphatic heterocycles. The third-order valence-corrected chi connectivity index (χ3v) is 4.03. The molecule has 0 spiro atoms. The van der Waals surface area contributed by atoms with Crippen molar-refractivity contribution < 1.29 is 14.3 Å². The van der Waals surface area contributed by atoms with Crippen LogP contribution in [-0.2, 0) is 9.59 Å². The summed E-state index contributed by atoms with van der Waals surface area (Å²) in [4.78, 5) is 27.8. The van der Waals surface area contributed by atoms with Gasteiger partial charge in [0.1, 0.15) is 5.75 Å². The zero-order valence-corrected chi connectivity index (χ0v) is 14.2. The van der Waals surface area contributed by atoms with Crippen molar-refractivity contribution in [3.63, 3.8) is 0 Å². The normalized spacial score (nSPS) is 14.6. The lowest BCUT2D eigenvalue weighted by molar-refractivity contribution is -0.134. The van der Waals surface area contributed by atoms with E-state index in [0.717, 1.165) is 25.9 Å². The Morgan fingerprint density at radius 2 is 2.04 bits per heavy atom. The van der Waals surface area contributed by atoms with E-state index in [1.165, 1.54) is 12.0 Å². The van der Waals surface area contributed by atoms with Crippen molar-refractivity contribution in [2.45, 2.75) is 12.8 Å². The third-order valence-electron chi connectivity index (χ3n) is 3.80. The van der Waals surface area contributed by atoms with Gasteiger partial charge in [-0.1, -0.05) is 11.6 Å². The first kappa shape index (κ1) is 17.6. The Morgan fingerprint density at radius 1 is 1.35 bits per heavy atom. The Morgan fingerprint density at radius 3 is 2.70 bits per heavy atom. The van der Waals surface area contributed by atoms with Gasteiger partial charge < -0.3 is 15.0 Å². The first-order valence-electron chi connectivity index (χ1n) is 7.59. The highest BCUT2D eigenvalue weighted by molar-refractivity contribution is 6.31. The topological polar surface area (TPSA) is 61.9 Å². The summed E-state index contributed by atoms with van der Waals surface area (Å²) < 4.78 is 5.18. The number of amides is 2. The number of nitrogens with one attached hydrogen (secondary N) is 1. The van der Waals surface area contributed by atoms with Gasteiger partial charge >= 0.3 is 0 Å². The molecule has 2 amide bonds. The monoisotopic (exact) mass is 339 g/mol. The fraction of sp³-hybridized carbons (Fsp3) is 0.500. The van der Waals surface area contributed by atoms with Gasteiger partial charge in [0.25, 0.3) is 0 Å². The number of anilines is 1. The van der Waals surface area contributed by atoms with Crippen molar-refractivity contribution in [2.75, 3.05) is 45.7 Å². The molecule has 0 aliphatic carbocycles. The summed E-state index contributed by atoms with van der Waals surface area (Å²) in [7, 11) is 3.15. The predicted molar refractivity (Wildman–Crippen MR) is 89.9 cm³/mol. The molecular formula is C16H22ClN3O3. The van der Waals surface area contributed by atoms with Gasteiger partial charge in [0, 0.05) is 12.1 Å². The second-order valence-electron chi connectivity index (χ2n) is 5.63. The largest absolute Gasteiger partial charge is 0.495 e. The van der Waals surface area contributed by atoms with Crippen LogP contribution in [0.3, 0.4) is 0 Å². The number of nitrogens with zero attached hydrogens (tertiary/aromatic N) is 2. The molecule has 2 rings (SSSR count). The Bertz CT molecular complexity index is 574. The number of likely N-dealkylation sites (tertiary alicyclic amines) is 1. The lowest BCUT2D eigenvalue weighted by Crippen LogP contribution is -2.40. The van der Waals surface area contributed by atoms with Gasteiger partial charge in [0.05, 0.1) is 25.9 Å².